The lowest BCUT2D eigenvalue weighted by Crippen LogP contribution is -2.11. The first-order chi connectivity index (χ1) is 8.59. The minimum absolute atomic E-state index is 0.130. The molecule has 0 amide bonds. The van der Waals surface area contributed by atoms with Crippen molar-refractivity contribution in [2.24, 2.45) is 0 Å². The van der Waals surface area contributed by atoms with Gasteiger partial charge in [-0.3, -0.25) is 0 Å². The molecule has 0 bridgehead atoms. The lowest BCUT2D eigenvalue weighted by molar-refractivity contribution is 0.600. The molecule has 0 radical (unpaired) electrons. The predicted molar refractivity (Wildman–Crippen MR) is 74.0 cm³/mol. The Morgan fingerprint density at radius 2 is 1.83 bits per heavy atom. The molecule has 0 saturated carbocycles. The topological polar surface area (TPSA) is 38.0 Å². The average Bonchev–Trinajstić information content (AvgIpc) is 2.34. The highest BCUT2D eigenvalue weighted by Crippen LogP contribution is 2.28. The number of hydrogen-bond acceptors (Lipinski definition) is 2. The number of nitrogen functional groups attached to an aromatic ring is 1. The van der Waals surface area contributed by atoms with Crippen molar-refractivity contribution in [3.8, 4) is 0 Å². The minimum Gasteiger partial charge on any atom is -0.397 e. The number of rotatable bonds is 3. The molecule has 1 atom stereocenters. The zero-order chi connectivity index (χ0) is 13.1. The molecule has 3 N–H and O–H groups in total. The van der Waals surface area contributed by atoms with Crippen molar-refractivity contribution in [1.82, 2.24) is 0 Å². The van der Waals surface area contributed by atoms with Crippen molar-refractivity contribution < 1.29 is 4.39 Å². The first-order valence-corrected chi connectivity index (χ1v) is 5.95. The van der Waals surface area contributed by atoms with Crippen LogP contribution in [0.25, 0.3) is 0 Å². The second kappa shape index (κ2) is 5.08. The van der Waals surface area contributed by atoms with E-state index in [1.807, 2.05) is 38.1 Å². The normalized spacial score (nSPS) is 12.2. The second-order valence-corrected chi connectivity index (χ2v) is 4.43. The largest absolute Gasteiger partial charge is 0.397 e. The lowest BCUT2D eigenvalue weighted by atomic mass is 10.1. The zero-order valence-corrected chi connectivity index (χ0v) is 10.6. The van der Waals surface area contributed by atoms with E-state index in [2.05, 4.69) is 5.32 Å². The van der Waals surface area contributed by atoms with Gasteiger partial charge in [-0.15, -0.1) is 0 Å². The summed E-state index contributed by atoms with van der Waals surface area (Å²) in [5.74, 6) is -0.204. The van der Waals surface area contributed by atoms with E-state index in [4.69, 9.17) is 5.73 Å². The van der Waals surface area contributed by atoms with E-state index in [0.717, 1.165) is 11.3 Å². The van der Waals surface area contributed by atoms with Crippen LogP contribution < -0.4 is 11.1 Å². The number of hydrogen-bond donors (Lipinski definition) is 2. The molecule has 2 aromatic carbocycles. The maximum absolute atomic E-state index is 13.7. The summed E-state index contributed by atoms with van der Waals surface area (Å²) in [6, 6.07) is 12.4. The van der Waals surface area contributed by atoms with Crippen LogP contribution in [-0.4, -0.2) is 0 Å². The van der Waals surface area contributed by atoms with Gasteiger partial charge in [0.25, 0.3) is 0 Å². The molecule has 2 rings (SSSR count). The van der Waals surface area contributed by atoms with Crippen LogP contribution in [-0.2, 0) is 0 Å². The van der Waals surface area contributed by atoms with Gasteiger partial charge in [0.05, 0.1) is 17.4 Å². The van der Waals surface area contributed by atoms with E-state index in [9.17, 15) is 4.39 Å². The fourth-order valence-electron chi connectivity index (χ4n) is 2.01. The minimum atomic E-state index is -0.204. The molecule has 18 heavy (non-hydrogen) atoms. The van der Waals surface area contributed by atoms with E-state index in [-0.39, 0.29) is 11.9 Å². The van der Waals surface area contributed by atoms with E-state index in [1.54, 1.807) is 12.1 Å². The van der Waals surface area contributed by atoms with Crippen LogP contribution in [0.5, 0.6) is 0 Å². The Kier molecular flexibility index (Phi) is 3.51. The van der Waals surface area contributed by atoms with Crippen molar-refractivity contribution in [1.29, 1.82) is 0 Å². The molecule has 0 aromatic heterocycles. The van der Waals surface area contributed by atoms with Gasteiger partial charge < -0.3 is 11.1 Å². The summed E-state index contributed by atoms with van der Waals surface area (Å²) >= 11 is 0. The fourth-order valence-corrected chi connectivity index (χ4v) is 2.01. The molecule has 0 aliphatic heterocycles. The Balaban J connectivity index is 2.27. The van der Waals surface area contributed by atoms with Crippen molar-refractivity contribution >= 4 is 11.4 Å². The van der Waals surface area contributed by atoms with Crippen LogP contribution in [0.4, 0.5) is 15.8 Å². The van der Waals surface area contributed by atoms with Gasteiger partial charge in [0.2, 0.25) is 0 Å². The molecule has 0 aliphatic carbocycles. The molecular weight excluding hydrogens is 227 g/mol. The van der Waals surface area contributed by atoms with Gasteiger partial charge in [0.15, 0.2) is 0 Å². The smallest absolute Gasteiger partial charge is 0.128 e. The molecule has 2 nitrogen and oxygen atoms in total. The van der Waals surface area contributed by atoms with Crippen LogP contribution >= 0.6 is 0 Å². The number of nitrogens with one attached hydrogen (secondary N) is 1. The van der Waals surface area contributed by atoms with Crippen molar-refractivity contribution in [3.63, 3.8) is 0 Å². The van der Waals surface area contributed by atoms with Gasteiger partial charge in [-0.25, -0.2) is 4.39 Å². The van der Waals surface area contributed by atoms with Gasteiger partial charge in [0, 0.05) is 5.56 Å². The monoisotopic (exact) mass is 244 g/mol. The van der Waals surface area contributed by atoms with E-state index >= 15 is 0 Å². The summed E-state index contributed by atoms with van der Waals surface area (Å²) in [6.45, 7) is 3.90. The first kappa shape index (κ1) is 12.4. The maximum atomic E-state index is 13.7. The number of benzene rings is 2. The Morgan fingerprint density at radius 3 is 2.50 bits per heavy atom. The Bertz CT molecular complexity index is 532. The highest BCUT2D eigenvalue weighted by molar-refractivity contribution is 5.70. The third kappa shape index (κ3) is 2.45. The zero-order valence-electron chi connectivity index (χ0n) is 10.6. The third-order valence-corrected chi connectivity index (χ3v) is 3.04. The third-order valence-electron chi connectivity index (χ3n) is 3.04. The number of aryl methyl sites for hydroxylation is 1. The summed E-state index contributed by atoms with van der Waals surface area (Å²) in [6.07, 6.45) is 0. The molecule has 0 heterocycles. The summed E-state index contributed by atoms with van der Waals surface area (Å²) in [5.41, 5.74) is 9.17. The van der Waals surface area contributed by atoms with E-state index in [1.165, 1.54) is 6.07 Å². The van der Waals surface area contributed by atoms with Gasteiger partial charge in [-0.05, 0) is 31.5 Å². The molecule has 1 unspecified atom stereocenters. The molecule has 2 aromatic rings. The molecular formula is C15H17FN2. The average molecular weight is 244 g/mol. The first-order valence-electron chi connectivity index (χ1n) is 5.95. The maximum Gasteiger partial charge on any atom is 0.128 e. The quantitative estimate of drug-likeness (QED) is 0.804. The van der Waals surface area contributed by atoms with E-state index in [0.29, 0.717) is 11.3 Å². The Labute approximate surface area is 107 Å². The number of nitrogens with two attached hydrogens (primary N) is 1. The van der Waals surface area contributed by atoms with E-state index < -0.39 is 0 Å². The van der Waals surface area contributed by atoms with Crippen molar-refractivity contribution in [2.45, 2.75) is 19.9 Å². The fraction of sp³-hybridized carbons (Fsp3) is 0.200. The standard InChI is InChI=1S/C15H17FN2/c1-10-6-5-9-14(17)15(10)18-11(2)12-7-3-4-8-13(12)16/h3-9,11,18H,17H2,1-2H3. The molecule has 3 heteroatoms. The Morgan fingerprint density at radius 1 is 1.11 bits per heavy atom. The van der Waals surface area contributed by atoms with Crippen LogP contribution in [0.1, 0.15) is 24.1 Å². The lowest BCUT2D eigenvalue weighted by Gasteiger charge is -2.19. The Hall–Kier alpha value is -2.03. The SMILES string of the molecule is Cc1cccc(N)c1NC(C)c1ccccc1F. The van der Waals surface area contributed by atoms with Gasteiger partial charge in [-0.2, -0.15) is 0 Å². The highest BCUT2D eigenvalue weighted by Gasteiger charge is 2.12. The summed E-state index contributed by atoms with van der Waals surface area (Å²) in [5, 5.41) is 3.27. The summed E-state index contributed by atoms with van der Waals surface area (Å²) < 4.78 is 13.7. The van der Waals surface area contributed by atoms with Gasteiger partial charge >= 0.3 is 0 Å². The van der Waals surface area contributed by atoms with Crippen LogP contribution in [0.3, 0.4) is 0 Å². The summed E-state index contributed by atoms with van der Waals surface area (Å²) in [4.78, 5) is 0. The van der Waals surface area contributed by atoms with Crippen LogP contribution in [0.2, 0.25) is 0 Å². The second-order valence-electron chi connectivity index (χ2n) is 4.43. The number of halogens is 1. The van der Waals surface area contributed by atoms with Crippen LogP contribution in [0, 0.1) is 12.7 Å². The van der Waals surface area contributed by atoms with Crippen LogP contribution in [0.15, 0.2) is 42.5 Å². The molecule has 94 valence electrons. The molecule has 0 aliphatic rings. The molecule has 0 saturated heterocycles. The molecule has 0 spiro atoms. The van der Waals surface area contributed by atoms with Crippen molar-refractivity contribution in [2.75, 3.05) is 11.1 Å². The van der Waals surface area contributed by atoms with Gasteiger partial charge in [0.1, 0.15) is 5.82 Å². The molecule has 0 fully saturated rings. The van der Waals surface area contributed by atoms with Crippen molar-refractivity contribution in [3.05, 3.63) is 59.4 Å². The predicted octanol–water partition coefficient (Wildman–Crippen LogP) is 3.89. The highest BCUT2D eigenvalue weighted by atomic mass is 19.1. The number of anilines is 2. The summed E-state index contributed by atoms with van der Waals surface area (Å²) in [7, 11) is 0. The number of para-hydroxylation sites is 1. The van der Waals surface area contributed by atoms with Gasteiger partial charge in [-0.1, -0.05) is 30.3 Å².